The van der Waals surface area contributed by atoms with Crippen LogP contribution in [-0.2, 0) is 4.74 Å². The highest BCUT2D eigenvalue weighted by Crippen LogP contribution is 2.20. The van der Waals surface area contributed by atoms with Gasteiger partial charge in [-0.2, -0.15) is 0 Å². The van der Waals surface area contributed by atoms with Gasteiger partial charge < -0.3 is 9.72 Å². The first-order valence-corrected chi connectivity index (χ1v) is 4.88. The molecule has 3 rings (SSSR count). The van der Waals surface area contributed by atoms with Gasteiger partial charge in [0, 0.05) is 6.61 Å². The van der Waals surface area contributed by atoms with Crippen molar-refractivity contribution in [1.82, 2.24) is 19.5 Å². The topological polar surface area (TPSA) is 72.8 Å². The second kappa shape index (κ2) is 3.16. The second-order valence-electron chi connectivity index (χ2n) is 3.53. The fourth-order valence-corrected chi connectivity index (χ4v) is 1.83. The monoisotopic (exact) mass is 206 g/mol. The molecule has 0 spiro atoms. The molecule has 0 radical (unpaired) electrons. The average molecular weight is 206 g/mol. The first kappa shape index (κ1) is 8.60. The molecule has 1 fully saturated rings. The van der Waals surface area contributed by atoms with E-state index in [9.17, 15) is 4.79 Å². The van der Waals surface area contributed by atoms with E-state index >= 15 is 0 Å². The van der Waals surface area contributed by atoms with Crippen molar-refractivity contribution in [2.45, 2.75) is 19.1 Å². The highest BCUT2D eigenvalue weighted by atomic mass is 16.5. The fourth-order valence-electron chi connectivity index (χ4n) is 1.83. The molecular weight excluding hydrogens is 196 g/mol. The number of hydrogen-bond donors (Lipinski definition) is 1. The third-order valence-corrected chi connectivity index (χ3v) is 2.59. The lowest BCUT2D eigenvalue weighted by Gasteiger charge is -2.11. The fraction of sp³-hybridized carbons (Fsp3) is 0.444. The van der Waals surface area contributed by atoms with Gasteiger partial charge in [0.15, 0.2) is 11.2 Å². The molecule has 1 atom stereocenters. The van der Waals surface area contributed by atoms with Gasteiger partial charge in [0.1, 0.15) is 12.6 Å². The van der Waals surface area contributed by atoms with E-state index in [1.54, 1.807) is 0 Å². The summed E-state index contributed by atoms with van der Waals surface area (Å²) in [6.45, 7) is 0.706. The summed E-state index contributed by atoms with van der Waals surface area (Å²) in [6.07, 6.45) is 4.65. The second-order valence-corrected chi connectivity index (χ2v) is 3.53. The summed E-state index contributed by atoms with van der Waals surface area (Å²) < 4.78 is 6.96. The van der Waals surface area contributed by atoms with Crippen LogP contribution in [0.3, 0.4) is 0 Å². The van der Waals surface area contributed by atoms with Gasteiger partial charge in [0.2, 0.25) is 0 Å². The van der Waals surface area contributed by atoms with Crippen molar-refractivity contribution in [3.05, 3.63) is 23.0 Å². The maximum absolute atomic E-state index is 11.9. The molecule has 78 valence electrons. The van der Waals surface area contributed by atoms with Crippen molar-refractivity contribution in [2.24, 2.45) is 0 Å². The molecule has 1 N–H and O–H groups in total. The highest BCUT2D eigenvalue weighted by molar-refractivity contribution is 5.67. The predicted octanol–water partition coefficient (Wildman–Crippen LogP) is 0.429. The van der Waals surface area contributed by atoms with E-state index in [2.05, 4.69) is 15.0 Å². The smallest absolute Gasteiger partial charge is 0.281 e. The molecule has 2 aromatic rings. The Labute approximate surface area is 84.9 Å². The third kappa shape index (κ3) is 1.25. The predicted molar refractivity (Wildman–Crippen MR) is 52.4 cm³/mol. The van der Waals surface area contributed by atoms with Gasteiger partial charge >= 0.3 is 0 Å². The van der Waals surface area contributed by atoms with Gasteiger partial charge in [-0.15, -0.1) is 0 Å². The van der Waals surface area contributed by atoms with Crippen molar-refractivity contribution in [3.8, 4) is 0 Å². The lowest BCUT2D eigenvalue weighted by atomic mass is 10.3. The Morgan fingerprint density at radius 2 is 2.47 bits per heavy atom. The van der Waals surface area contributed by atoms with Crippen LogP contribution in [0.4, 0.5) is 0 Å². The van der Waals surface area contributed by atoms with Gasteiger partial charge in [-0.25, -0.2) is 9.97 Å². The van der Waals surface area contributed by atoms with Gasteiger partial charge in [-0.1, -0.05) is 0 Å². The van der Waals surface area contributed by atoms with E-state index in [1.165, 1.54) is 17.2 Å². The number of nitrogens with zero attached hydrogens (tertiary/aromatic N) is 3. The van der Waals surface area contributed by atoms with E-state index < -0.39 is 0 Å². The Balaban J connectivity index is 2.18. The summed E-state index contributed by atoms with van der Waals surface area (Å²) in [5, 5.41) is 0. The molecule has 6 nitrogen and oxygen atoms in total. The minimum absolute atomic E-state index is 0.121. The third-order valence-electron chi connectivity index (χ3n) is 2.59. The van der Waals surface area contributed by atoms with Crippen LogP contribution in [0.5, 0.6) is 0 Å². The Hall–Kier alpha value is -1.69. The van der Waals surface area contributed by atoms with Crippen LogP contribution in [0.1, 0.15) is 19.1 Å². The molecule has 6 heteroatoms. The van der Waals surface area contributed by atoms with Crippen LogP contribution in [0.2, 0.25) is 0 Å². The Bertz CT molecular complexity index is 538. The molecule has 1 saturated heterocycles. The molecule has 0 bridgehead atoms. The van der Waals surface area contributed by atoms with Crippen LogP contribution in [0, 0.1) is 0 Å². The maximum Gasteiger partial charge on any atom is 0.281 e. The quantitative estimate of drug-likeness (QED) is 0.734. The number of hydrogen-bond acceptors (Lipinski definition) is 4. The Kier molecular flexibility index (Phi) is 1.81. The normalized spacial score (nSPS) is 21.2. The number of H-pyrrole nitrogens is 1. The number of aromatic amines is 1. The molecule has 0 saturated carbocycles. The Morgan fingerprint density at radius 3 is 3.27 bits per heavy atom. The zero-order valence-corrected chi connectivity index (χ0v) is 8.01. The van der Waals surface area contributed by atoms with Crippen LogP contribution >= 0.6 is 0 Å². The maximum atomic E-state index is 11.9. The summed E-state index contributed by atoms with van der Waals surface area (Å²) in [5.41, 5.74) is 0.770. The lowest BCUT2D eigenvalue weighted by molar-refractivity contribution is 0.0534. The summed E-state index contributed by atoms with van der Waals surface area (Å²) in [7, 11) is 0. The van der Waals surface area contributed by atoms with Gasteiger partial charge in [0.25, 0.3) is 5.56 Å². The van der Waals surface area contributed by atoms with E-state index in [0.717, 1.165) is 12.8 Å². The van der Waals surface area contributed by atoms with Crippen LogP contribution < -0.4 is 5.56 Å². The first-order valence-electron chi connectivity index (χ1n) is 4.88. The molecule has 2 aromatic heterocycles. The summed E-state index contributed by atoms with van der Waals surface area (Å²) in [6, 6.07) is 0. The van der Waals surface area contributed by atoms with Gasteiger partial charge in [-0.3, -0.25) is 9.36 Å². The number of nitrogens with one attached hydrogen (secondary N) is 1. The van der Waals surface area contributed by atoms with Crippen LogP contribution in [-0.4, -0.2) is 26.1 Å². The highest BCUT2D eigenvalue weighted by Gasteiger charge is 2.19. The molecule has 0 aromatic carbocycles. The zero-order valence-electron chi connectivity index (χ0n) is 8.01. The summed E-state index contributed by atoms with van der Waals surface area (Å²) >= 11 is 0. The minimum atomic E-state index is -0.169. The standard InChI is InChI=1S/C9H10N4O2/c14-9-7-8(11-4-10-7)12-5-13(9)6-2-1-3-15-6/h4-6H,1-3H2,(H,10,11). The van der Waals surface area contributed by atoms with Crippen molar-refractivity contribution in [1.29, 1.82) is 0 Å². The van der Waals surface area contributed by atoms with Crippen LogP contribution in [0.15, 0.2) is 17.4 Å². The number of aromatic nitrogens is 4. The summed E-state index contributed by atoms with van der Waals surface area (Å²) in [4.78, 5) is 22.8. The molecule has 15 heavy (non-hydrogen) atoms. The average Bonchev–Trinajstić information content (AvgIpc) is 2.87. The van der Waals surface area contributed by atoms with E-state index in [-0.39, 0.29) is 11.8 Å². The molecule has 1 aliphatic rings. The Morgan fingerprint density at radius 1 is 1.53 bits per heavy atom. The number of ether oxygens (including phenoxy) is 1. The van der Waals surface area contributed by atoms with E-state index in [1.807, 2.05) is 0 Å². The van der Waals surface area contributed by atoms with E-state index in [0.29, 0.717) is 17.8 Å². The zero-order chi connectivity index (χ0) is 10.3. The van der Waals surface area contributed by atoms with Crippen molar-refractivity contribution in [2.75, 3.05) is 6.61 Å². The first-order chi connectivity index (χ1) is 7.36. The largest absolute Gasteiger partial charge is 0.358 e. The number of rotatable bonds is 1. The number of imidazole rings is 1. The van der Waals surface area contributed by atoms with Crippen molar-refractivity contribution >= 4 is 11.2 Å². The molecule has 1 aliphatic heterocycles. The van der Waals surface area contributed by atoms with E-state index in [4.69, 9.17) is 4.74 Å². The summed E-state index contributed by atoms with van der Waals surface area (Å²) in [5.74, 6) is 0. The number of fused-ring (bicyclic) bond motifs is 1. The lowest BCUT2D eigenvalue weighted by Crippen LogP contribution is -2.24. The molecule has 0 aliphatic carbocycles. The van der Waals surface area contributed by atoms with Gasteiger partial charge in [0.05, 0.1) is 6.33 Å². The van der Waals surface area contributed by atoms with Crippen LogP contribution in [0.25, 0.3) is 11.2 Å². The minimum Gasteiger partial charge on any atom is -0.358 e. The molecule has 1 unspecified atom stereocenters. The molecular formula is C9H10N4O2. The molecule has 3 heterocycles. The SMILES string of the molecule is O=c1c2[nH]cnc2ncn1C1CCCO1. The van der Waals surface area contributed by atoms with Crippen molar-refractivity contribution in [3.63, 3.8) is 0 Å². The molecule has 0 amide bonds. The van der Waals surface area contributed by atoms with Crippen molar-refractivity contribution < 1.29 is 4.74 Å². The van der Waals surface area contributed by atoms with Gasteiger partial charge in [-0.05, 0) is 12.8 Å².